The monoisotopic (exact) mass is 286 g/mol. The zero-order valence-electron chi connectivity index (χ0n) is 12.7. The second-order valence-electron chi connectivity index (χ2n) is 5.47. The largest absolute Gasteiger partial charge is 0.493 e. The molecule has 1 unspecified atom stereocenters. The summed E-state index contributed by atoms with van der Waals surface area (Å²) in [7, 11) is 1.89. The van der Waals surface area contributed by atoms with E-state index in [9.17, 15) is 0 Å². The Morgan fingerprint density at radius 3 is 3.10 bits per heavy atom. The van der Waals surface area contributed by atoms with E-state index >= 15 is 0 Å². The second kappa shape index (κ2) is 6.26. The third-order valence-corrected chi connectivity index (χ3v) is 3.91. The van der Waals surface area contributed by atoms with E-state index in [-0.39, 0.29) is 0 Å². The number of nitrogens with one attached hydrogen (secondary N) is 1. The smallest absolute Gasteiger partial charge is 0.151 e. The predicted octanol–water partition coefficient (Wildman–Crippen LogP) is 2.03. The van der Waals surface area contributed by atoms with Crippen molar-refractivity contribution in [3.05, 3.63) is 41.5 Å². The lowest BCUT2D eigenvalue weighted by Crippen LogP contribution is -2.23. The van der Waals surface area contributed by atoms with E-state index in [0.29, 0.717) is 6.04 Å². The molecule has 2 aromatic rings. The van der Waals surface area contributed by atoms with Crippen LogP contribution in [-0.4, -0.2) is 27.9 Å². The number of fused-ring (bicyclic) bond motifs is 1. The minimum atomic E-state index is 0.375. The molecule has 0 aliphatic carbocycles. The van der Waals surface area contributed by atoms with Crippen LogP contribution in [0.15, 0.2) is 24.5 Å². The fraction of sp³-hybridized carbons (Fsp3) is 0.500. The van der Waals surface area contributed by atoms with E-state index in [1.54, 1.807) is 11.0 Å². The molecular formula is C16H22N4O. The van der Waals surface area contributed by atoms with E-state index in [1.165, 1.54) is 11.1 Å². The maximum absolute atomic E-state index is 5.57. The fourth-order valence-electron chi connectivity index (χ4n) is 2.78. The van der Waals surface area contributed by atoms with Gasteiger partial charge in [0.2, 0.25) is 0 Å². The average molecular weight is 286 g/mol. The van der Waals surface area contributed by atoms with E-state index in [0.717, 1.165) is 44.0 Å². The minimum absolute atomic E-state index is 0.375. The third kappa shape index (κ3) is 3.24. The molecular weight excluding hydrogens is 264 g/mol. The molecule has 3 rings (SSSR count). The summed E-state index contributed by atoms with van der Waals surface area (Å²) in [4.78, 5) is 4.25. The first kappa shape index (κ1) is 14.1. The summed E-state index contributed by atoms with van der Waals surface area (Å²) in [6.45, 7) is 3.91. The van der Waals surface area contributed by atoms with Gasteiger partial charge in [-0.1, -0.05) is 19.1 Å². The highest BCUT2D eigenvalue weighted by molar-refractivity contribution is 5.40. The van der Waals surface area contributed by atoms with Crippen LogP contribution in [0.5, 0.6) is 5.75 Å². The van der Waals surface area contributed by atoms with Crippen molar-refractivity contribution >= 4 is 0 Å². The van der Waals surface area contributed by atoms with Crippen LogP contribution in [0, 0.1) is 0 Å². The normalized spacial score (nSPS) is 14.8. The molecule has 0 saturated heterocycles. The molecule has 5 heteroatoms. The van der Waals surface area contributed by atoms with Crippen LogP contribution in [0.4, 0.5) is 0 Å². The van der Waals surface area contributed by atoms with Crippen LogP contribution in [0.3, 0.4) is 0 Å². The molecule has 2 heterocycles. The zero-order chi connectivity index (χ0) is 14.7. The number of ether oxygens (including phenoxy) is 1. The van der Waals surface area contributed by atoms with Gasteiger partial charge in [0.15, 0.2) is 5.82 Å². The van der Waals surface area contributed by atoms with Gasteiger partial charge >= 0.3 is 0 Å². The molecule has 0 bridgehead atoms. The van der Waals surface area contributed by atoms with Crippen molar-refractivity contribution < 1.29 is 4.74 Å². The molecule has 112 valence electrons. The van der Waals surface area contributed by atoms with Crippen LogP contribution in [0.1, 0.15) is 36.3 Å². The van der Waals surface area contributed by atoms with Crippen molar-refractivity contribution in [1.82, 2.24) is 20.1 Å². The van der Waals surface area contributed by atoms with Gasteiger partial charge in [0.25, 0.3) is 0 Å². The Balaban J connectivity index is 1.59. The zero-order valence-corrected chi connectivity index (χ0v) is 12.7. The Morgan fingerprint density at radius 1 is 1.43 bits per heavy atom. The molecule has 0 radical (unpaired) electrons. The van der Waals surface area contributed by atoms with Gasteiger partial charge in [-0.15, -0.1) is 0 Å². The lowest BCUT2D eigenvalue weighted by Gasteiger charge is -2.17. The molecule has 5 nitrogen and oxygen atoms in total. The molecule has 1 aromatic carbocycles. The Hall–Kier alpha value is -1.88. The number of hydrogen-bond acceptors (Lipinski definition) is 4. The minimum Gasteiger partial charge on any atom is -0.493 e. The average Bonchev–Trinajstić information content (AvgIpc) is 3.11. The first-order valence-electron chi connectivity index (χ1n) is 7.60. The topological polar surface area (TPSA) is 52.0 Å². The molecule has 1 atom stereocenters. The number of rotatable bonds is 6. The number of benzene rings is 1. The van der Waals surface area contributed by atoms with Crippen molar-refractivity contribution in [3.63, 3.8) is 0 Å². The Kier molecular flexibility index (Phi) is 4.20. The van der Waals surface area contributed by atoms with Crippen LogP contribution < -0.4 is 10.1 Å². The van der Waals surface area contributed by atoms with Gasteiger partial charge in [-0.3, -0.25) is 4.68 Å². The highest BCUT2D eigenvalue weighted by atomic mass is 16.5. The van der Waals surface area contributed by atoms with Gasteiger partial charge in [0, 0.05) is 32.5 Å². The predicted molar refractivity (Wildman–Crippen MR) is 81.4 cm³/mol. The number of hydrogen-bond donors (Lipinski definition) is 1. The lowest BCUT2D eigenvalue weighted by atomic mass is 10.0. The highest BCUT2D eigenvalue weighted by Crippen LogP contribution is 2.29. The van der Waals surface area contributed by atoms with Crippen molar-refractivity contribution in [2.75, 3.05) is 13.2 Å². The lowest BCUT2D eigenvalue weighted by molar-refractivity contribution is 0.356. The van der Waals surface area contributed by atoms with E-state index in [1.807, 2.05) is 7.05 Å². The molecule has 0 spiro atoms. The molecule has 1 aliphatic heterocycles. The van der Waals surface area contributed by atoms with Crippen LogP contribution in [0.25, 0.3) is 0 Å². The van der Waals surface area contributed by atoms with Gasteiger partial charge in [0.1, 0.15) is 12.1 Å². The Morgan fingerprint density at radius 2 is 2.33 bits per heavy atom. The van der Waals surface area contributed by atoms with Gasteiger partial charge in [-0.2, -0.15) is 5.10 Å². The summed E-state index contributed by atoms with van der Waals surface area (Å²) in [5.74, 6) is 1.94. The molecule has 0 saturated carbocycles. The van der Waals surface area contributed by atoms with E-state index < -0.39 is 0 Å². The summed E-state index contributed by atoms with van der Waals surface area (Å²) in [6, 6.07) is 6.93. The standard InChI is InChI=1S/C16H22N4O/c1-3-14(17-8-6-16-18-11-20(2)19-16)12-4-5-15-13(10-12)7-9-21-15/h4-5,10-11,14,17H,3,6-9H2,1-2H3. The van der Waals surface area contributed by atoms with Crippen molar-refractivity contribution in [3.8, 4) is 5.75 Å². The summed E-state index contributed by atoms with van der Waals surface area (Å²) < 4.78 is 7.31. The van der Waals surface area contributed by atoms with Crippen LogP contribution >= 0.6 is 0 Å². The maximum Gasteiger partial charge on any atom is 0.151 e. The first-order valence-corrected chi connectivity index (χ1v) is 7.60. The molecule has 0 fully saturated rings. The first-order chi connectivity index (χ1) is 10.3. The van der Waals surface area contributed by atoms with E-state index in [4.69, 9.17) is 4.74 Å². The fourth-order valence-corrected chi connectivity index (χ4v) is 2.78. The van der Waals surface area contributed by atoms with E-state index in [2.05, 4.69) is 40.5 Å². The van der Waals surface area contributed by atoms with Crippen molar-refractivity contribution in [2.24, 2.45) is 7.05 Å². The maximum atomic E-state index is 5.57. The van der Waals surface area contributed by atoms with Gasteiger partial charge in [-0.05, 0) is 23.6 Å². The van der Waals surface area contributed by atoms with Crippen LogP contribution in [0.2, 0.25) is 0 Å². The second-order valence-corrected chi connectivity index (χ2v) is 5.47. The summed E-state index contributed by atoms with van der Waals surface area (Å²) in [6.07, 6.45) is 4.69. The Labute approximate surface area is 125 Å². The Bertz CT molecular complexity index is 608. The molecule has 1 N–H and O–H groups in total. The van der Waals surface area contributed by atoms with Gasteiger partial charge in [0.05, 0.1) is 6.61 Å². The van der Waals surface area contributed by atoms with Gasteiger partial charge < -0.3 is 10.1 Å². The number of aromatic nitrogens is 3. The summed E-state index contributed by atoms with van der Waals surface area (Å²) in [5.41, 5.74) is 2.68. The quantitative estimate of drug-likeness (QED) is 0.883. The number of nitrogens with zero attached hydrogens (tertiary/aromatic N) is 3. The third-order valence-electron chi connectivity index (χ3n) is 3.91. The van der Waals surface area contributed by atoms with Crippen molar-refractivity contribution in [1.29, 1.82) is 0 Å². The number of aryl methyl sites for hydroxylation is 1. The summed E-state index contributed by atoms with van der Waals surface area (Å²) in [5, 5.41) is 7.91. The van der Waals surface area contributed by atoms with Crippen molar-refractivity contribution in [2.45, 2.75) is 32.2 Å². The van der Waals surface area contributed by atoms with Gasteiger partial charge in [-0.25, -0.2) is 4.98 Å². The summed E-state index contributed by atoms with van der Waals surface area (Å²) >= 11 is 0. The SMILES string of the molecule is CCC(NCCc1ncn(C)n1)c1ccc2c(c1)CCO2. The van der Waals surface area contributed by atoms with Crippen LogP contribution in [-0.2, 0) is 19.9 Å². The molecule has 0 amide bonds. The molecule has 1 aromatic heterocycles. The highest BCUT2D eigenvalue weighted by Gasteiger charge is 2.15. The molecule has 21 heavy (non-hydrogen) atoms. The molecule has 1 aliphatic rings.